The number of quaternary nitrogens is 1. The average molecular weight is 350 g/mol. The van der Waals surface area contributed by atoms with Crippen LogP contribution < -0.4 is 10.2 Å². The lowest BCUT2D eigenvalue weighted by Gasteiger charge is -2.20. The molecule has 1 amide bonds. The number of hydrogen-bond acceptors (Lipinski definition) is 5. The van der Waals surface area contributed by atoms with Crippen LogP contribution in [-0.4, -0.2) is 40.0 Å². The van der Waals surface area contributed by atoms with Gasteiger partial charge in [-0.2, -0.15) is 0 Å². The van der Waals surface area contributed by atoms with Gasteiger partial charge in [-0.15, -0.1) is 10.2 Å². The van der Waals surface area contributed by atoms with Crippen LogP contribution in [0.5, 0.6) is 0 Å². The quantitative estimate of drug-likeness (QED) is 0.717. The topological polar surface area (TPSA) is 77.4 Å². The molecule has 2 N–H and O–H groups in total. The molecule has 7 nitrogen and oxygen atoms in total. The molecule has 0 radical (unpaired) electrons. The highest BCUT2D eigenvalue weighted by Crippen LogP contribution is 2.21. The summed E-state index contributed by atoms with van der Waals surface area (Å²) in [6.07, 6.45) is 5.79. The number of likely N-dealkylation sites (tertiary alicyclic amines) is 1. The fraction of sp³-hybridized carbons (Fsp3) is 0.562. The van der Waals surface area contributed by atoms with Gasteiger partial charge in [0.05, 0.1) is 19.4 Å². The van der Waals surface area contributed by atoms with E-state index in [2.05, 4.69) is 27.0 Å². The number of furan rings is 1. The van der Waals surface area contributed by atoms with E-state index in [1.165, 1.54) is 4.90 Å². The van der Waals surface area contributed by atoms with Gasteiger partial charge in [0.2, 0.25) is 0 Å². The van der Waals surface area contributed by atoms with Crippen LogP contribution in [0, 0.1) is 0 Å². The minimum atomic E-state index is 0.0425. The zero-order valence-electron chi connectivity index (χ0n) is 14.1. The molecule has 0 aromatic carbocycles. The minimum Gasteiger partial charge on any atom is -0.467 e. The number of nitrogens with one attached hydrogen (secondary N) is 2. The third kappa shape index (κ3) is 3.64. The van der Waals surface area contributed by atoms with Gasteiger partial charge in [0, 0.05) is 19.4 Å². The van der Waals surface area contributed by atoms with Crippen molar-refractivity contribution in [3.05, 3.63) is 30.0 Å². The predicted molar refractivity (Wildman–Crippen MR) is 90.7 cm³/mol. The van der Waals surface area contributed by atoms with Crippen LogP contribution in [0.2, 0.25) is 0 Å². The molecular formula is C16H24N5O2S+. The zero-order valence-corrected chi connectivity index (χ0v) is 14.9. The lowest BCUT2D eigenvalue weighted by Crippen LogP contribution is -3.11. The number of carbonyl (C=O) groups is 1. The zero-order chi connectivity index (χ0) is 16.9. The van der Waals surface area contributed by atoms with E-state index in [0.29, 0.717) is 13.1 Å². The Morgan fingerprint density at radius 2 is 2.42 bits per heavy atom. The van der Waals surface area contributed by atoms with Crippen LogP contribution >= 0.6 is 11.8 Å². The molecule has 0 spiro atoms. The molecule has 2 atom stereocenters. The summed E-state index contributed by atoms with van der Waals surface area (Å²) in [5.41, 5.74) is 0. The van der Waals surface area contributed by atoms with E-state index in [4.69, 9.17) is 4.42 Å². The number of aromatic nitrogens is 3. The number of thioether (sulfide) groups is 1. The Bertz CT molecular complexity index is 670. The number of amides is 1. The highest BCUT2D eigenvalue weighted by atomic mass is 32.2. The van der Waals surface area contributed by atoms with Crippen LogP contribution in [0.4, 0.5) is 0 Å². The molecule has 1 unspecified atom stereocenters. The van der Waals surface area contributed by atoms with Crippen molar-refractivity contribution >= 4 is 17.7 Å². The van der Waals surface area contributed by atoms with E-state index < -0.39 is 0 Å². The molecule has 0 saturated carbocycles. The SMILES string of the molecule is CCn1c(SC)nnc1[C@H]1CCC[NH+]1CC(=O)NCc1ccco1. The fourth-order valence-corrected chi connectivity index (χ4v) is 3.87. The molecule has 1 aliphatic rings. The standard InChI is InChI=1S/C16H23N5O2S/c1-3-21-15(18-19-16(21)24-2)13-7-4-8-20(13)11-14(22)17-10-12-6-5-9-23-12/h5-6,9,13H,3-4,7-8,10-11H2,1-2H3,(H,17,22)/p+1/t13-/m1/s1. The minimum absolute atomic E-state index is 0.0425. The van der Waals surface area contributed by atoms with Crippen molar-refractivity contribution in [1.82, 2.24) is 20.1 Å². The van der Waals surface area contributed by atoms with E-state index in [-0.39, 0.29) is 11.9 Å². The Labute approximate surface area is 145 Å². The molecule has 130 valence electrons. The summed E-state index contributed by atoms with van der Waals surface area (Å²) in [7, 11) is 0. The third-order valence-electron chi connectivity index (χ3n) is 4.47. The van der Waals surface area contributed by atoms with Crippen molar-refractivity contribution in [2.45, 2.75) is 44.1 Å². The van der Waals surface area contributed by atoms with Crippen molar-refractivity contribution in [2.24, 2.45) is 0 Å². The number of hydrogen-bond donors (Lipinski definition) is 2. The Morgan fingerprint density at radius 1 is 1.54 bits per heavy atom. The molecule has 1 aliphatic heterocycles. The van der Waals surface area contributed by atoms with Crippen molar-refractivity contribution in [3.63, 3.8) is 0 Å². The number of nitrogens with zero attached hydrogens (tertiary/aromatic N) is 3. The molecule has 1 saturated heterocycles. The number of rotatable bonds is 7. The normalized spacial score (nSPS) is 20.4. The summed E-state index contributed by atoms with van der Waals surface area (Å²) in [5.74, 6) is 1.82. The highest BCUT2D eigenvalue weighted by Gasteiger charge is 2.35. The largest absolute Gasteiger partial charge is 0.467 e. The fourth-order valence-electron chi connectivity index (χ4n) is 3.31. The number of carbonyl (C=O) groups excluding carboxylic acids is 1. The van der Waals surface area contributed by atoms with Crippen LogP contribution in [-0.2, 0) is 17.9 Å². The second kappa shape index (κ2) is 7.85. The molecule has 2 aromatic heterocycles. The van der Waals surface area contributed by atoms with Gasteiger partial charge < -0.3 is 19.2 Å². The first kappa shape index (κ1) is 17.0. The monoisotopic (exact) mass is 350 g/mol. The molecule has 8 heteroatoms. The van der Waals surface area contributed by atoms with Gasteiger partial charge in [-0.25, -0.2) is 0 Å². The lowest BCUT2D eigenvalue weighted by atomic mass is 10.2. The molecule has 0 bridgehead atoms. The molecule has 3 heterocycles. The van der Waals surface area contributed by atoms with Crippen LogP contribution in [0.25, 0.3) is 0 Å². The van der Waals surface area contributed by atoms with Crippen molar-refractivity contribution in [3.8, 4) is 0 Å². The molecule has 3 rings (SSSR count). The van der Waals surface area contributed by atoms with Crippen LogP contribution in [0.15, 0.2) is 28.0 Å². The third-order valence-corrected chi connectivity index (χ3v) is 5.13. The molecule has 2 aromatic rings. The highest BCUT2D eigenvalue weighted by molar-refractivity contribution is 7.98. The Morgan fingerprint density at radius 3 is 3.12 bits per heavy atom. The second-order valence-electron chi connectivity index (χ2n) is 5.93. The Hall–Kier alpha value is -1.80. The van der Waals surface area contributed by atoms with Gasteiger partial charge in [0.1, 0.15) is 11.8 Å². The first-order chi connectivity index (χ1) is 11.7. The summed E-state index contributed by atoms with van der Waals surface area (Å²) in [4.78, 5) is 13.5. The van der Waals surface area contributed by atoms with Gasteiger partial charge in [0.15, 0.2) is 17.5 Å². The Balaban J connectivity index is 1.63. The van der Waals surface area contributed by atoms with E-state index in [1.807, 2.05) is 18.4 Å². The maximum Gasteiger partial charge on any atom is 0.275 e. The molecule has 0 aliphatic carbocycles. The predicted octanol–water partition coefficient (Wildman–Crippen LogP) is 0.649. The van der Waals surface area contributed by atoms with Crippen molar-refractivity contribution in [2.75, 3.05) is 19.3 Å². The maximum atomic E-state index is 12.3. The second-order valence-corrected chi connectivity index (χ2v) is 6.70. The van der Waals surface area contributed by atoms with Gasteiger partial charge in [0.25, 0.3) is 5.91 Å². The first-order valence-electron chi connectivity index (χ1n) is 8.33. The lowest BCUT2D eigenvalue weighted by molar-refractivity contribution is -0.911. The summed E-state index contributed by atoms with van der Waals surface area (Å²) in [5, 5.41) is 12.6. The smallest absolute Gasteiger partial charge is 0.275 e. The maximum absolute atomic E-state index is 12.3. The summed E-state index contributed by atoms with van der Waals surface area (Å²) >= 11 is 1.61. The molecular weight excluding hydrogens is 326 g/mol. The van der Waals surface area contributed by atoms with Crippen LogP contribution in [0.3, 0.4) is 0 Å². The van der Waals surface area contributed by atoms with E-state index in [0.717, 1.165) is 42.7 Å². The van der Waals surface area contributed by atoms with Gasteiger partial charge >= 0.3 is 0 Å². The summed E-state index contributed by atoms with van der Waals surface area (Å²) in [6, 6.07) is 3.93. The van der Waals surface area contributed by atoms with Gasteiger partial charge in [-0.05, 0) is 25.3 Å². The van der Waals surface area contributed by atoms with Gasteiger partial charge in [-0.3, -0.25) is 4.79 Å². The summed E-state index contributed by atoms with van der Waals surface area (Å²) in [6.45, 7) is 4.84. The van der Waals surface area contributed by atoms with Crippen LogP contribution in [0.1, 0.15) is 37.4 Å². The average Bonchev–Trinajstić information content (AvgIpc) is 3.32. The molecule has 24 heavy (non-hydrogen) atoms. The molecule has 1 fully saturated rings. The van der Waals surface area contributed by atoms with E-state index in [9.17, 15) is 4.79 Å². The first-order valence-corrected chi connectivity index (χ1v) is 9.56. The van der Waals surface area contributed by atoms with E-state index in [1.54, 1.807) is 18.0 Å². The van der Waals surface area contributed by atoms with Crippen molar-refractivity contribution in [1.29, 1.82) is 0 Å². The summed E-state index contributed by atoms with van der Waals surface area (Å²) < 4.78 is 7.41. The Kier molecular flexibility index (Phi) is 5.57. The van der Waals surface area contributed by atoms with Gasteiger partial charge in [-0.1, -0.05) is 11.8 Å². The van der Waals surface area contributed by atoms with E-state index >= 15 is 0 Å². The van der Waals surface area contributed by atoms with Crippen molar-refractivity contribution < 1.29 is 14.1 Å².